The van der Waals surface area contributed by atoms with E-state index in [1.165, 1.54) is 19.3 Å². The second-order valence-corrected chi connectivity index (χ2v) is 5.13. The van der Waals surface area contributed by atoms with Crippen LogP contribution in [0, 0.1) is 5.92 Å². The molecule has 0 spiro atoms. The predicted octanol–water partition coefficient (Wildman–Crippen LogP) is 2.82. The fourth-order valence-corrected chi connectivity index (χ4v) is 2.66. The predicted molar refractivity (Wildman–Crippen MR) is 72.4 cm³/mol. The Morgan fingerprint density at radius 1 is 1.59 bits per heavy atom. The van der Waals surface area contributed by atoms with E-state index in [1.807, 2.05) is 6.07 Å². The van der Waals surface area contributed by atoms with E-state index in [0.717, 1.165) is 30.4 Å². The van der Waals surface area contributed by atoms with Gasteiger partial charge in [-0.05, 0) is 30.4 Å². The Bertz CT molecular complexity index is 381. The first-order chi connectivity index (χ1) is 8.24. The Kier molecular flexibility index (Phi) is 4.24. The number of anilines is 1. The molecule has 1 aliphatic rings. The Hall–Kier alpha value is -0.800. The molecule has 1 fully saturated rings. The third-order valence-corrected chi connectivity index (χ3v) is 3.79. The van der Waals surface area contributed by atoms with Gasteiger partial charge >= 0.3 is 0 Å². The zero-order chi connectivity index (χ0) is 12.3. The molecule has 1 aromatic heterocycles. The molecule has 0 amide bonds. The minimum absolute atomic E-state index is 0.473. The summed E-state index contributed by atoms with van der Waals surface area (Å²) >= 11 is 6.02. The highest BCUT2D eigenvalue weighted by atomic mass is 35.5. The van der Waals surface area contributed by atoms with Crippen molar-refractivity contribution < 1.29 is 0 Å². The van der Waals surface area contributed by atoms with Crippen molar-refractivity contribution in [3.63, 3.8) is 0 Å². The zero-order valence-electron chi connectivity index (χ0n) is 10.3. The molecule has 0 saturated carbocycles. The number of rotatable bonds is 4. The monoisotopic (exact) mass is 253 g/mol. The number of aromatic nitrogens is 1. The van der Waals surface area contributed by atoms with Gasteiger partial charge in [-0.15, -0.1) is 0 Å². The van der Waals surface area contributed by atoms with Crippen LogP contribution in [0.4, 0.5) is 5.82 Å². The van der Waals surface area contributed by atoms with Crippen LogP contribution in [0.2, 0.25) is 5.02 Å². The Labute approximate surface area is 108 Å². The highest BCUT2D eigenvalue weighted by Gasteiger charge is 2.22. The van der Waals surface area contributed by atoms with Gasteiger partial charge in [-0.25, -0.2) is 4.98 Å². The van der Waals surface area contributed by atoms with Crippen molar-refractivity contribution in [3.8, 4) is 0 Å². The quantitative estimate of drug-likeness (QED) is 0.897. The molecule has 94 valence electrons. The molecule has 1 aromatic rings. The molecule has 17 heavy (non-hydrogen) atoms. The van der Waals surface area contributed by atoms with Gasteiger partial charge in [-0.3, -0.25) is 0 Å². The van der Waals surface area contributed by atoms with Gasteiger partial charge in [-0.2, -0.15) is 0 Å². The number of pyridine rings is 1. The van der Waals surface area contributed by atoms with Gasteiger partial charge in [0.15, 0.2) is 0 Å². The van der Waals surface area contributed by atoms with E-state index in [0.29, 0.717) is 11.6 Å². The van der Waals surface area contributed by atoms with E-state index >= 15 is 0 Å². The molecule has 1 atom stereocenters. The third kappa shape index (κ3) is 2.90. The van der Waals surface area contributed by atoms with Gasteiger partial charge in [0.05, 0.1) is 5.02 Å². The molecular formula is C13H20ClN3. The van der Waals surface area contributed by atoms with Crippen molar-refractivity contribution in [3.05, 3.63) is 22.8 Å². The summed E-state index contributed by atoms with van der Waals surface area (Å²) in [6, 6.07) is 2.02. The average molecular weight is 254 g/mol. The molecule has 2 N–H and O–H groups in total. The fourth-order valence-electron chi connectivity index (χ4n) is 2.48. The number of nitrogens with two attached hydrogens (primary N) is 1. The van der Waals surface area contributed by atoms with Crippen LogP contribution in [0.1, 0.15) is 31.7 Å². The van der Waals surface area contributed by atoms with Crippen molar-refractivity contribution in [2.45, 2.75) is 32.7 Å². The molecule has 0 bridgehead atoms. The van der Waals surface area contributed by atoms with Crippen molar-refractivity contribution >= 4 is 17.4 Å². The highest BCUT2D eigenvalue weighted by molar-refractivity contribution is 6.31. The van der Waals surface area contributed by atoms with Crippen LogP contribution in [0.5, 0.6) is 0 Å². The maximum Gasteiger partial charge on any atom is 0.128 e. The van der Waals surface area contributed by atoms with E-state index in [1.54, 1.807) is 6.20 Å². The molecule has 3 nitrogen and oxygen atoms in total. The smallest absolute Gasteiger partial charge is 0.128 e. The Morgan fingerprint density at radius 3 is 3.12 bits per heavy atom. The molecule has 0 aromatic carbocycles. The van der Waals surface area contributed by atoms with Gasteiger partial charge in [0, 0.05) is 25.8 Å². The Balaban J connectivity index is 2.08. The van der Waals surface area contributed by atoms with Crippen molar-refractivity contribution in [1.29, 1.82) is 0 Å². The van der Waals surface area contributed by atoms with Gasteiger partial charge < -0.3 is 10.6 Å². The van der Waals surface area contributed by atoms with Crippen LogP contribution < -0.4 is 10.6 Å². The lowest BCUT2D eigenvalue weighted by Crippen LogP contribution is -2.21. The summed E-state index contributed by atoms with van der Waals surface area (Å²) in [5.74, 6) is 1.84. The summed E-state index contributed by atoms with van der Waals surface area (Å²) in [7, 11) is 0. The van der Waals surface area contributed by atoms with Gasteiger partial charge in [0.2, 0.25) is 0 Å². The summed E-state index contributed by atoms with van der Waals surface area (Å²) in [6.45, 7) is 4.94. The largest absolute Gasteiger partial charge is 0.356 e. The SMILES string of the molecule is CCCC1CCN(c2cc(CN)c(Cl)cn2)C1. The first-order valence-corrected chi connectivity index (χ1v) is 6.71. The summed E-state index contributed by atoms with van der Waals surface area (Å²) in [4.78, 5) is 6.74. The van der Waals surface area contributed by atoms with E-state index < -0.39 is 0 Å². The number of hydrogen-bond donors (Lipinski definition) is 1. The van der Waals surface area contributed by atoms with E-state index in [2.05, 4.69) is 16.8 Å². The molecule has 1 aliphatic heterocycles. The average Bonchev–Trinajstić information content (AvgIpc) is 2.79. The van der Waals surface area contributed by atoms with Crippen LogP contribution in [-0.2, 0) is 6.54 Å². The fraction of sp³-hybridized carbons (Fsp3) is 0.615. The third-order valence-electron chi connectivity index (χ3n) is 3.45. The van der Waals surface area contributed by atoms with Crippen LogP contribution in [0.3, 0.4) is 0 Å². The topological polar surface area (TPSA) is 42.1 Å². The van der Waals surface area contributed by atoms with E-state index in [9.17, 15) is 0 Å². The van der Waals surface area contributed by atoms with Crippen LogP contribution in [-0.4, -0.2) is 18.1 Å². The molecule has 1 saturated heterocycles. The highest BCUT2D eigenvalue weighted by Crippen LogP contribution is 2.27. The molecule has 2 heterocycles. The first-order valence-electron chi connectivity index (χ1n) is 6.34. The minimum atomic E-state index is 0.473. The van der Waals surface area contributed by atoms with Crippen molar-refractivity contribution in [2.24, 2.45) is 11.7 Å². The van der Waals surface area contributed by atoms with Crippen molar-refractivity contribution in [1.82, 2.24) is 4.98 Å². The van der Waals surface area contributed by atoms with Crippen molar-refractivity contribution in [2.75, 3.05) is 18.0 Å². The molecular weight excluding hydrogens is 234 g/mol. The summed E-state index contributed by atoms with van der Waals surface area (Å²) < 4.78 is 0. The summed E-state index contributed by atoms with van der Waals surface area (Å²) in [5, 5.41) is 0.667. The molecule has 1 unspecified atom stereocenters. The van der Waals surface area contributed by atoms with Gasteiger partial charge in [0.25, 0.3) is 0 Å². The normalized spacial score (nSPS) is 19.9. The lowest BCUT2D eigenvalue weighted by molar-refractivity contribution is 0.529. The number of hydrogen-bond acceptors (Lipinski definition) is 3. The van der Waals surface area contributed by atoms with E-state index in [4.69, 9.17) is 17.3 Å². The van der Waals surface area contributed by atoms with E-state index in [-0.39, 0.29) is 0 Å². The first kappa shape index (κ1) is 12.7. The molecule has 2 rings (SSSR count). The van der Waals surface area contributed by atoms with Crippen LogP contribution in [0.25, 0.3) is 0 Å². The maximum atomic E-state index is 6.02. The zero-order valence-corrected chi connectivity index (χ0v) is 11.1. The second-order valence-electron chi connectivity index (χ2n) is 4.73. The number of nitrogens with zero attached hydrogens (tertiary/aromatic N) is 2. The molecule has 4 heteroatoms. The maximum absolute atomic E-state index is 6.02. The van der Waals surface area contributed by atoms with Crippen LogP contribution in [0.15, 0.2) is 12.3 Å². The summed E-state index contributed by atoms with van der Waals surface area (Å²) in [6.07, 6.45) is 5.57. The van der Waals surface area contributed by atoms with Crippen LogP contribution >= 0.6 is 11.6 Å². The molecule has 0 aliphatic carbocycles. The van der Waals surface area contributed by atoms with Gasteiger partial charge in [-0.1, -0.05) is 24.9 Å². The minimum Gasteiger partial charge on any atom is -0.356 e. The van der Waals surface area contributed by atoms with Gasteiger partial charge in [0.1, 0.15) is 5.82 Å². The standard InChI is InChI=1S/C13H20ClN3/c1-2-3-10-4-5-17(9-10)13-6-11(7-15)12(14)8-16-13/h6,8,10H,2-5,7,9,15H2,1H3. The summed E-state index contributed by atoms with van der Waals surface area (Å²) in [5.41, 5.74) is 6.64. The number of halogens is 1. The Morgan fingerprint density at radius 2 is 2.41 bits per heavy atom. The lowest BCUT2D eigenvalue weighted by atomic mass is 10.0. The second kappa shape index (κ2) is 5.69. The molecule has 0 radical (unpaired) electrons. The lowest BCUT2D eigenvalue weighted by Gasteiger charge is -2.18.